The van der Waals surface area contributed by atoms with E-state index in [0.717, 1.165) is 16.4 Å². The van der Waals surface area contributed by atoms with Crippen molar-refractivity contribution < 1.29 is 29.3 Å². The van der Waals surface area contributed by atoms with E-state index in [1.54, 1.807) is 17.0 Å². The van der Waals surface area contributed by atoms with Crippen LogP contribution >= 0.6 is 22.6 Å². The lowest BCUT2D eigenvalue weighted by atomic mass is 9.88. The van der Waals surface area contributed by atoms with Crippen molar-refractivity contribution in [2.24, 2.45) is 0 Å². The normalized spacial score (nSPS) is 25.6. The van der Waals surface area contributed by atoms with Gasteiger partial charge in [0.05, 0.1) is 22.3 Å². The molecule has 3 N–H and O–H groups in total. The first-order valence-corrected chi connectivity index (χ1v) is 11.6. The zero-order chi connectivity index (χ0) is 22.4. The Kier molecular flexibility index (Phi) is 8.70. The van der Waals surface area contributed by atoms with E-state index in [4.69, 9.17) is 14.6 Å². The number of aliphatic hydroxyl groups is 2. The standard InChI is InChI=1S/C22H29IN2O6/c1-14(27)25(13-16-5-4-10-30-16)18-11-15(22(29)24-8-9-26)12-20(21(18)28)31-19-7-3-2-6-17(19)23/h2-3,6-7,12,16,18,20-21,26,28H,4-5,8-11,13H2,1H3,(H,24,29)/t16-,18+,20-,21-/m0/s1. The van der Waals surface area contributed by atoms with E-state index >= 15 is 0 Å². The minimum atomic E-state index is -1.02. The van der Waals surface area contributed by atoms with Gasteiger partial charge in [0.2, 0.25) is 11.8 Å². The zero-order valence-electron chi connectivity index (χ0n) is 17.5. The van der Waals surface area contributed by atoms with Crippen LogP contribution in [0.2, 0.25) is 0 Å². The average molecular weight is 544 g/mol. The van der Waals surface area contributed by atoms with Crippen LogP contribution < -0.4 is 10.1 Å². The smallest absolute Gasteiger partial charge is 0.247 e. The minimum absolute atomic E-state index is 0.0805. The molecule has 1 aromatic carbocycles. The van der Waals surface area contributed by atoms with Crippen LogP contribution in [0.1, 0.15) is 26.2 Å². The van der Waals surface area contributed by atoms with Gasteiger partial charge in [-0.1, -0.05) is 12.1 Å². The highest BCUT2D eigenvalue weighted by atomic mass is 127. The highest BCUT2D eigenvalue weighted by Crippen LogP contribution is 2.30. The Hall–Kier alpha value is -1.69. The number of nitrogens with zero attached hydrogens (tertiary/aromatic N) is 1. The number of aliphatic hydroxyl groups excluding tert-OH is 2. The molecule has 0 unspecified atom stereocenters. The van der Waals surface area contributed by atoms with Crippen molar-refractivity contribution in [3.8, 4) is 5.75 Å². The third kappa shape index (κ3) is 6.18. The number of halogens is 1. The molecule has 0 radical (unpaired) electrons. The molecule has 9 heteroatoms. The zero-order valence-corrected chi connectivity index (χ0v) is 19.7. The number of carbonyl (C=O) groups excluding carboxylic acids is 2. The van der Waals surface area contributed by atoms with Crippen molar-refractivity contribution in [1.82, 2.24) is 10.2 Å². The highest BCUT2D eigenvalue weighted by Gasteiger charge is 2.40. The molecule has 8 nitrogen and oxygen atoms in total. The summed E-state index contributed by atoms with van der Waals surface area (Å²) in [6.07, 6.45) is 1.69. The summed E-state index contributed by atoms with van der Waals surface area (Å²) in [6, 6.07) is 6.78. The van der Waals surface area contributed by atoms with Gasteiger partial charge in [-0.15, -0.1) is 0 Å². The van der Waals surface area contributed by atoms with Crippen LogP contribution in [0.25, 0.3) is 0 Å². The Morgan fingerprint density at radius 1 is 1.35 bits per heavy atom. The largest absolute Gasteiger partial charge is 0.482 e. The fourth-order valence-corrected chi connectivity index (χ4v) is 4.49. The summed E-state index contributed by atoms with van der Waals surface area (Å²) in [5.74, 6) is 0.0557. The van der Waals surface area contributed by atoms with E-state index < -0.39 is 18.2 Å². The monoisotopic (exact) mass is 544 g/mol. The molecule has 0 bridgehead atoms. The van der Waals surface area contributed by atoms with Crippen molar-refractivity contribution in [3.63, 3.8) is 0 Å². The van der Waals surface area contributed by atoms with Crippen LogP contribution in [0.4, 0.5) is 0 Å². The van der Waals surface area contributed by atoms with Gasteiger partial charge in [-0.05, 0) is 53.6 Å². The van der Waals surface area contributed by atoms with Gasteiger partial charge in [-0.25, -0.2) is 0 Å². The third-order valence-corrected chi connectivity index (χ3v) is 6.43. The lowest BCUT2D eigenvalue weighted by Gasteiger charge is -2.41. The summed E-state index contributed by atoms with van der Waals surface area (Å²) in [6.45, 7) is 2.43. The van der Waals surface area contributed by atoms with Crippen LogP contribution in [0, 0.1) is 3.57 Å². The topological polar surface area (TPSA) is 108 Å². The highest BCUT2D eigenvalue weighted by molar-refractivity contribution is 14.1. The van der Waals surface area contributed by atoms with Crippen LogP contribution in [0.5, 0.6) is 5.75 Å². The van der Waals surface area contributed by atoms with Gasteiger partial charge in [0, 0.05) is 38.6 Å². The number of hydrogen-bond donors (Lipinski definition) is 3. The van der Waals surface area contributed by atoms with E-state index in [-0.39, 0.29) is 37.5 Å². The molecular weight excluding hydrogens is 515 g/mol. The summed E-state index contributed by atoms with van der Waals surface area (Å²) >= 11 is 2.15. The Morgan fingerprint density at radius 2 is 2.13 bits per heavy atom. The predicted molar refractivity (Wildman–Crippen MR) is 123 cm³/mol. The molecule has 31 heavy (non-hydrogen) atoms. The molecule has 2 aliphatic rings. The van der Waals surface area contributed by atoms with Crippen molar-refractivity contribution >= 4 is 34.4 Å². The molecule has 0 saturated carbocycles. The molecule has 1 aliphatic heterocycles. The summed E-state index contributed by atoms with van der Waals surface area (Å²) in [5.41, 5.74) is 0.415. The molecular formula is C22H29IN2O6. The maximum absolute atomic E-state index is 12.7. The molecule has 1 heterocycles. The Balaban J connectivity index is 1.87. The second-order valence-corrected chi connectivity index (χ2v) is 8.91. The average Bonchev–Trinajstić information content (AvgIpc) is 3.26. The fraction of sp³-hybridized carbons (Fsp3) is 0.545. The maximum Gasteiger partial charge on any atom is 0.247 e. The number of carbonyl (C=O) groups is 2. The summed E-state index contributed by atoms with van der Waals surface area (Å²) in [4.78, 5) is 26.8. The molecule has 0 aromatic heterocycles. The van der Waals surface area contributed by atoms with E-state index in [1.165, 1.54) is 6.92 Å². The second-order valence-electron chi connectivity index (χ2n) is 7.75. The second kappa shape index (κ2) is 11.3. The molecule has 1 aromatic rings. The van der Waals surface area contributed by atoms with Gasteiger partial charge in [0.15, 0.2) is 0 Å². The van der Waals surface area contributed by atoms with Crippen LogP contribution in [0.3, 0.4) is 0 Å². The molecule has 4 atom stereocenters. The molecule has 2 amide bonds. The van der Waals surface area contributed by atoms with E-state index in [0.29, 0.717) is 24.5 Å². The first-order valence-electron chi connectivity index (χ1n) is 10.5. The van der Waals surface area contributed by atoms with Crippen molar-refractivity contribution in [2.45, 2.75) is 50.5 Å². The number of ether oxygens (including phenoxy) is 2. The van der Waals surface area contributed by atoms with Gasteiger partial charge in [-0.2, -0.15) is 0 Å². The Bertz CT molecular complexity index is 811. The first-order chi connectivity index (χ1) is 14.9. The maximum atomic E-state index is 12.7. The number of hydrogen-bond acceptors (Lipinski definition) is 6. The number of rotatable bonds is 8. The summed E-state index contributed by atoms with van der Waals surface area (Å²) in [7, 11) is 0. The quantitative estimate of drug-likeness (QED) is 0.426. The number of benzene rings is 1. The van der Waals surface area contributed by atoms with Gasteiger partial charge in [-0.3, -0.25) is 9.59 Å². The third-order valence-electron chi connectivity index (χ3n) is 5.54. The predicted octanol–water partition coefficient (Wildman–Crippen LogP) is 1.23. The summed E-state index contributed by atoms with van der Waals surface area (Å²) in [5, 5.41) is 22.9. The SMILES string of the molecule is CC(=O)N(C[C@@H]1CCCO1)[C@@H]1CC(C(=O)NCCO)=C[C@H](Oc2ccccc2I)[C@H]1O. The lowest BCUT2D eigenvalue weighted by molar-refractivity contribution is -0.138. The summed E-state index contributed by atoms with van der Waals surface area (Å²) < 4.78 is 12.6. The molecule has 0 spiro atoms. The number of amides is 2. The van der Waals surface area contributed by atoms with Gasteiger partial charge in [0.1, 0.15) is 18.0 Å². The van der Waals surface area contributed by atoms with E-state index in [9.17, 15) is 14.7 Å². The van der Waals surface area contributed by atoms with Gasteiger partial charge >= 0.3 is 0 Å². The molecule has 3 rings (SSSR count). The van der Waals surface area contributed by atoms with Crippen LogP contribution in [-0.4, -0.2) is 77.6 Å². The van der Waals surface area contributed by atoms with Gasteiger partial charge in [0.25, 0.3) is 0 Å². The van der Waals surface area contributed by atoms with Crippen LogP contribution in [0.15, 0.2) is 35.9 Å². The van der Waals surface area contributed by atoms with Gasteiger partial charge < -0.3 is 29.9 Å². The Labute approximate surface area is 195 Å². The van der Waals surface area contributed by atoms with E-state index in [1.807, 2.05) is 18.2 Å². The van der Waals surface area contributed by atoms with Crippen LogP contribution in [-0.2, 0) is 14.3 Å². The van der Waals surface area contributed by atoms with E-state index in [2.05, 4.69) is 27.9 Å². The fourth-order valence-electron chi connectivity index (χ4n) is 3.97. The van der Waals surface area contributed by atoms with Crippen molar-refractivity contribution in [2.75, 3.05) is 26.3 Å². The molecule has 1 saturated heterocycles. The minimum Gasteiger partial charge on any atom is -0.482 e. The number of para-hydroxylation sites is 1. The molecule has 1 fully saturated rings. The van der Waals surface area contributed by atoms with Crippen molar-refractivity contribution in [3.05, 3.63) is 39.5 Å². The lowest BCUT2D eigenvalue weighted by Crippen LogP contribution is -2.56. The molecule has 170 valence electrons. The van der Waals surface area contributed by atoms with Crippen molar-refractivity contribution in [1.29, 1.82) is 0 Å². The first kappa shape index (κ1) is 24.0. The molecule has 1 aliphatic carbocycles. The Morgan fingerprint density at radius 3 is 2.77 bits per heavy atom. The number of nitrogens with one attached hydrogen (secondary N) is 1.